The molecule has 2 N–H and O–H groups in total. The predicted molar refractivity (Wildman–Crippen MR) is 113 cm³/mol. The summed E-state index contributed by atoms with van der Waals surface area (Å²) in [7, 11) is 0. The van der Waals surface area contributed by atoms with Crippen molar-refractivity contribution in [3.05, 3.63) is 66.2 Å². The minimum absolute atomic E-state index is 0.266. The molecule has 0 aliphatic heterocycles. The van der Waals surface area contributed by atoms with E-state index in [0.29, 0.717) is 12.2 Å². The van der Waals surface area contributed by atoms with Crippen molar-refractivity contribution in [3.63, 3.8) is 0 Å². The van der Waals surface area contributed by atoms with Gasteiger partial charge in [0.05, 0.1) is 0 Å². The summed E-state index contributed by atoms with van der Waals surface area (Å²) in [6.45, 7) is 8.68. The lowest BCUT2D eigenvalue weighted by atomic mass is 10.1. The number of hydrogen-bond acceptors (Lipinski definition) is 5. The van der Waals surface area contributed by atoms with Crippen LogP contribution in [0.15, 0.2) is 60.7 Å². The van der Waals surface area contributed by atoms with Crippen LogP contribution in [0.2, 0.25) is 0 Å². The SMILES string of the molecule is CC(Cc1ccccc1)OC(=O)[C@H](C)NC(=O)OC(C)(C)C.Oc1ccccc1. The molecule has 158 valence electrons. The lowest BCUT2D eigenvalue weighted by Crippen LogP contribution is -2.43. The zero-order valence-electron chi connectivity index (χ0n) is 17.7. The number of phenolic OH excluding ortho intramolecular Hbond substituents is 1. The Balaban J connectivity index is 0.000000502. The van der Waals surface area contributed by atoms with Crippen LogP contribution in [0, 0.1) is 0 Å². The molecule has 2 aromatic carbocycles. The number of ether oxygens (including phenoxy) is 2. The second-order valence-electron chi connectivity index (χ2n) is 7.64. The zero-order chi connectivity index (χ0) is 21.9. The fourth-order valence-corrected chi connectivity index (χ4v) is 2.26. The van der Waals surface area contributed by atoms with Crippen LogP contribution < -0.4 is 5.32 Å². The van der Waals surface area contributed by atoms with E-state index in [4.69, 9.17) is 14.6 Å². The number of para-hydroxylation sites is 1. The Bertz CT molecular complexity index is 741. The van der Waals surface area contributed by atoms with Crippen LogP contribution >= 0.6 is 0 Å². The molecule has 6 nitrogen and oxygen atoms in total. The summed E-state index contributed by atoms with van der Waals surface area (Å²) in [6.07, 6.45) is -0.267. The first-order valence-electron chi connectivity index (χ1n) is 9.55. The van der Waals surface area contributed by atoms with Gasteiger partial charge in [-0.1, -0.05) is 48.5 Å². The lowest BCUT2D eigenvalue weighted by Gasteiger charge is -2.22. The monoisotopic (exact) mass is 401 g/mol. The number of carbonyl (C=O) groups is 2. The standard InChI is InChI=1S/C17H25NO4.C6H6O/c1-12(11-14-9-7-6-8-10-14)21-15(19)13(2)18-16(20)22-17(3,4)5;7-6-4-2-1-3-5-6/h6-10,12-13H,11H2,1-5H3,(H,18,20);1-5,7H/t12?,13-;/m0./s1. The molecule has 1 amide bonds. The van der Waals surface area contributed by atoms with Gasteiger partial charge in [0.1, 0.15) is 23.5 Å². The Morgan fingerprint density at radius 1 is 0.966 bits per heavy atom. The molecule has 1 unspecified atom stereocenters. The number of rotatable bonds is 5. The third kappa shape index (κ3) is 11.4. The normalized spacial score (nSPS) is 12.6. The van der Waals surface area contributed by atoms with E-state index >= 15 is 0 Å². The van der Waals surface area contributed by atoms with Crippen molar-refractivity contribution >= 4 is 12.1 Å². The summed E-state index contributed by atoms with van der Waals surface area (Å²) in [6, 6.07) is 17.7. The van der Waals surface area contributed by atoms with Crippen LogP contribution in [0.5, 0.6) is 5.75 Å². The first-order chi connectivity index (χ1) is 13.6. The Kier molecular flexibility index (Phi) is 9.72. The van der Waals surface area contributed by atoms with E-state index in [2.05, 4.69) is 5.32 Å². The third-order valence-corrected chi connectivity index (χ3v) is 3.53. The fourth-order valence-electron chi connectivity index (χ4n) is 2.26. The molecule has 0 fully saturated rings. The van der Waals surface area contributed by atoms with Crippen LogP contribution in [-0.4, -0.2) is 34.9 Å². The number of phenols is 1. The zero-order valence-corrected chi connectivity index (χ0v) is 17.7. The van der Waals surface area contributed by atoms with Crippen LogP contribution in [0.4, 0.5) is 4.79 Å². The summed E-state index contributed by atoms with van der Waals surface area (Å²) in [5, 5.41) is 11.1. The molecule has 29 heavy (non-hydrogen) atoms. The Morgan fingerprint density at radius 2 is 1.48 bits per heavy atom. The first kappa shape index (κ1) is 24.0. The maximum Gasteiger partial charge on any atom is 0.408 e. The van der Waals surface area contributed by atoms with Gasteiger partial charge in [-0.2, -0.15) is 0 Å². The van der Waals surface area contributed by atoms with E-state index in [0.717, 1.165) is 5.56 Å². The van der Waals surface area contributed by atoms with Gasteiger partial charge in [-0.3, -0.25) is 0 Å². The molecule has 2 aromatic rings. The summed E-state index contributed by atoms with van der Waals surface area (Å²) in [5.41, 5.74) is 0.490. The van der Waals surface area contributed by atoms with Crippen LogP contribution in [-0.2, 0) is 20.7 Å². The van der Waals surface area contributed by atoms with E-state index in [-0.39, 0.29) is 6.10 Å². The van der Waals surface area contributed by atoms with Crippen molar-refractivity contribution in [1.82, 2.24) is 5.32 Å². The lowest BCUT2D eigenvalue weighted by molar-refractivity contribution is -0.150. The van der Waals surface area contributed by atoms with E-state index in [9.17, 15) is 9.59 Å². The number of esters is 1. The van der Waals surface area contributed by atoms with Crippen LogP contribution in [0.1, 0.15) is 40.2 Å². The van der Waals surface area contributed by atoms with Gasteiger partial charge in [0.2, 0.25) is 0 Å². The molecule has 2 rings (SSSR count). The van der Waals surface area contributed by atoms with Gasteiger partial charge in [-0.05, 0) is 52.3 Å². The number of hydrogen-bond donors (Lipinski definition) is 2. The number of nitrogens with one attached hydrogen (secondary N) is 1. The Labute approximate surface area is 172 Å². The van der Waals surface area contributed by atoms with E-state index in [1.165, 1.54) is 0 Å². The van der Waals surface area contributed by atoms with Gasteiger partial charge in [0.25, 0.3) is 0 Å². The molecular weight excluding hydrogens is 370 g/mol. The largest absolute Gasteiger partial charge is 0.508 e. The average Bonchev–Trinajstić information content (AvgIpc) is 2.62. The van der Waals surface area contributed by atoms with Crippen molar-refractivity contribution in [1.29, 1.82) is 0 Å². The maximum absolute atomic E-state index is 12.0. The number of alkyl carbamates (subject to hydrolysis) is 1. The molecule has 0 aromatic heterocycles. The molecule has 0 saturated heterocycles. The van der Waals surface area contributed by atoms with Crippen molar-refractivity contribution < 1.29 is 24.2 Å². The number of aromatic hydroxyl groups is 1. The number of benzene rings is 2. The summed E-state index contributed by atoms with van der Waals surface area (Å²) in [5.74, 6) is -0.156. The minimum Gasteiger partial charge on any atom is -0.508 e. The highest BCUT2D eigenvalue weighted by molar-refractivity contribution is 5.81. The molecule has 0 radical (unpaired) electrons. The van der Waals surface area contributed by atoms with Gasteiger partial charge in [0, 0.05) is 6.42 Å². The van der Waals surface area contributed by atoms with Crippen molar-refractivity contribution in [2.45, 2.75) is 58.8 Å². The van der Waals surface area contributed by atoms with Gasteiger partial charge in [0.15, 0.2) is 0 Å². The highest BCUT2D eigenvalue weighted by Crippen LogP contribution is 2.09. The summed E-state index contributed by atoms with van der Waals surface area (Å²) >= 11 is 0. The molecule has 0 aliphatic carbocycles. The fraction of sp³-hybridized carbons (Fsp3) is 0.391. The van der Waals surface area contributed by atoms with Gasteiger partial charge < -0.3 is 19.9 Å². The number of amides is 1. The highest BCUT2D eigenvalue weighted by atomic mass is 16.6. The molecule has 0 aliphatic rings. The van der Waals surface area contributed by atoms with Crippen molar-refractivity contribution in [3.8, 4) is 5.75 Å². The molecule has 0 heterocycles. The van der Waals surface area contributed by atoms with Gasteiger partial charge >= 0.3 is 12.1 Å². The van der Waals surface area contributed by atoms with Crippen LogP contribution in [0.25, 0.3) is 0 Å². The average molecular weight is 402 g/mol. The Morgan fingerprint density at radius 3 is 1.93 bits per heavy atom. The molecule has 0 saturated carbocycles. The Hall–Kier alpha value is -3.02. The highest BCUT2D eigenvalue weighted by Gasteiger charge is 2.23. The number of carbonyl (C=O) groups excluding carboxylic acids is 2. The third-order valence-electron chi connectivity index (χ3n) is 3.53. The molecule has 0 spiro atoms. The molecular formula is C23H31NO5. The second kappa shape index (κ2) is 11.7. The van der Waals surface area contributed by atoms with Gasteiger partial charge in [-0.25, -0.2) is 9.59 Å². The van der Waals surface area contributed by atoms with Crippen molar-refractivity contribution in [2.24, 2.45) is 0 Å². The predicted octanol–water partition coefficient (Wildman–Crippen LogP) is 4.47. The first-order valence-corrected chi connectivity index (χ1v) is 9.55. The smallest absolute Gasteiger partial charge is 0.408 e. The second-order valence-corrected chi connectivity index (χ2v) is 7.64. The summed E-state index contributed by atoms with van der Waals surface area (Å²) in [4.78, 5) is 23.6. The van der Waals surface area contributed by atoms with E-state index in [1.54, 1.807) is 52.0 Å². The van der Waals surface area contributed by atoms with Crippen LogP contribution in [0.3, 0.4) is 0 Å². The van der Waals surface area contributed by atoms with E-state index in [1.807, 2.05) is 43.3 Å². The minimum atomic E-state index is -0.756. The van der Waals surface area contributed by atoms with Gasteiger partial charge in [-0.15, -0.1) is 0 Å². The van der Waals surface area contributed by atoms with Crippen molar-refractivity contribution in [2.75, 3.05) is 0 Å². The molecule has 6 heteroatoms. The van der Waals surface area contributed by atoms with E-state index < -0.39 is 23.7 Å². The topological polar surface area (TPSA) is 84.9 Å². The molecule has 0 bridgehead atoms. The quantitative estimate of drug-likeness (QED) is 0.722. The molecule has 2 atom stereocenters. The summed E-state index contributed by atoms with van der Waals surface area (Å²) < 4.78 is 10.4. The maximum atomic E-state index is 12.0.